The summed E-state index contributed by atoms with van der Waals surface area (Å²) in [5.41, 5.74) is 4.63. The summed E-state index contributed by atoms with van der Waals surface area (Å²) in [6, 6.07) is 15.9. The first-order valence-corrected chi connectivity index (χ1v) is 12.5. The van der Waals surface area contributed by atoms with Crippen molar-refractivity contribution in [1.29, 1.82) is 0 Å². The Labute approximate surface area is 206 Å². The van der Waals surface area contributed by atoms with Crippen LogP contribution >= 0.6 is 0 Å². The molecule has 7 nitrogen and oxygen atoms in total. The van der Waals surface area contributed by atoms with Gasteiger partial charge in [0.2, 0.25) is 5.91 Å². The number of rotatable bonds is 10. The maximum absolute atomic E-state index is 12.9. The standard InChI is InChI=1S/C28H34N2O5/c1-18(14-26(31)32)30-27(33)20(15-19-8-2-3-9-19)16-29-28(34)35-17-25-23-12-6-4-10-21(23)22-11-5-7-13-24(22)25/h4-7,10-13,18-20,25H,2-3,8-9,14-17H2,1H3,(H,29,34)(H,30,33)(H,31,32)/t18-,20?/m1/s1. The van der Waals surface area contributed by atoms with Gasteiger partial charge in [-0.1, -0.05) is 74.2 Å². The molecule has 1 fully saturated rings. The van der Waals surface area contributed by atoms with Gasteiger partial charge in [0, 0.05) is 18.5 Å². The van der Waals surface area contributed by atoms with Gasteiger partial charge in [-0.05, 0) is 41.5 Å². The highest BCUT2D eigenvalue weighted by atomic mass is 16.5. The molecule has 0 spiro atoms. The molecule has 0 aromatic heterocycles. The number of ether oxygens (including phenoxy) is 1. The lowest BCUT2D eigenvalue weighted by molar-refractivity contribution is -0.137. The van der Waals surface area contributed by atoms with E-state index in [0.29, 0.717) is 12.3 Å². The Bertz CT molecular complexity index is 1020. The van der Waals surface area contributed by atoms with Crippen molar-refractivity contribution in [2.45, 2.75) is 57.4 Å². The number of alkyl carbamates (subject to hydrolysis) is 1. The van der Waals surface area contributed by atoms with Crippen molar-refractivity contribution in [3.63, 3.8) is 0 Å². The number of carbonyl (C=O) groups is 3. The van der Waals surface area contributed by atoms with Crippen LogP contribution in [0.3, 0.4) is 0 Å². The number of hydrogen-bond acceptors (Lipinski definition) is 4. The van der Waals surface area contributed by atoms with Crippen LogP contribution in [-0.2, 0) is 14.3 Å². The Morgan fingerprint density at radius 2 is 1.60 bits per heavy atom. The van der Waals surface area contributed by atoms with Gasteiger partial charge in [-0.15, -0.1) is 0 Å². The summed E-state index contributed by atoms with van der Waals surface area (Å²) in [6.45, 7) is 2.06. The second-order valence-corrected chi connectivity index (χ2v) is 9.80. The number of carbonyl (C=O) groups excluding carboxylic acids is 2. The highest BCUT2D eigenvalue weighted by molar-refractivity contribution is 5.81. The van der Waals surface area contributed by atoms with E-state index in [0.717, 1.165) is 36.8 Å². The summed E-state index contributed by atoms with van der Waals surface area (Å²) < 4.78 is 5.61. The number of aliphatic carboxylic acids is 1. The molecule has 0 bridgehead atoms. The molecule has 4 rings (SSSR count). The summed E-state index contributed by atoms with van der Waals surface area (Å²) in [5.74, 6) is -1.17. The monoisotopic (exact) mass is 478 g/mol. The predicted octanol–water partition coefficient (Wildman–Crippen LogP) is 4.70. The highest BCUT2D eigenvalue weighted by Crippen LogP contribution is 2.44. The van der Waals surface area contributed by atoms with E-state index in [2.05, 4.69) is 34.9 Å². The second-order valence-electron chi connectivity index (χ2n) is 9.80. The highest BCUT2D eigenvalue weighted by Gasteiger charge is 2.30. The van der Waals surface area contributed by atoms with E-state index in [-0.39, 0.29) is 31.4 Å². The van der Waals surface area contributed by atoms with Crippen molar-refractivity contribution in [2.24, 2.45) is 11.8 Å². The molecule has 7 heteroatoms. The zero-order valence-corrected chi connectivity index (χ0v) is 20.2. The summed E-state index contributed by atoms with van der Waals surface area (Å²) >= 11 is 0. The molecule has 2 amide bonds. The number of carboxylic acids is 1. The van der Waals surface area contributed by atoms with Gasteiger partial charge in [0.15, 0.2) is 0 Å². The summed E-state index contributed by atoms with van der Waals surface area (Å²) in [5, 5.41) is 14.6. The fourth-order valence-corrected chi connectivity index (χ4v) is 5.46. The molecule has 2 aliphatic carbocycles. The minimum atomic E-state index is -0.957. The number of fused-ring (bicyclic) bond motifs is 3. The third-order valence-electron chi connectivity index (χ3n) is 7.17. The van der Waals surface area contributed by atoms with Crippen LogP contribution in [0.5, 0.6) is 0 Å². The molecule has 0 radical (unpaired) electrons. The van der Waals surface area contributed by atoms with Crippen LogP contribution in [-0.4, -0.2) is 42.3 Å². The molecule has 2 aromatic rings. The second kappa shape index (κ2) is 11.4. The molecule has 0 saturated heterocycles. The Morgan fingerprint density at radius 1 is 1.00 bits per heavy atom. The van der Waals surface area contributed by atoms with E-state index in [4.69, 9.17) is 9.84 Å². The van der Waals surface area contributed by atoms with Gasteiger partial charge in [-0.2, -0.15) is 0 Å². The lowest BCUT2D eigenvalue weighted by Gasteiger charge is -2.23. The topological polar surface area (TPSA) is 105 Å². The van der Waals surface area contributed by atoms with Gasteiger partial charge in [0.1, 0.15) is 6.61 Å². The number of benzene rings is 2. The molecule has 2 aliphatic rings. The van der Waals surface area contributed by atoms with Crippen LogP contribution in [0.1, 0.15) is 62.5 Å². The average Bonchev–Trinajstić information content (AvgIpc) is 3.46. The third-order valence-corrected chi connectivity index (χ3v) is 7.17. The van der Waals surface area contributed by atoms with Crippen LogP contribution < -0.4 is 10.6 Å². The first-order chi connectivity index (χ1) is 16.9. The number of hydrogen-bond donors (Lipinski definition) is 3. The summed E-state index contributed by atoms with van der Waals surface area (Å²) in [6.07, 6.45) is 4.48. The molecule has 2 aromatic carbocycles. The first-order valence-electron chi connectivity index (χ1n) is 12.5. The average molecular weight is 479 g/mol. The van der Waals surface area contributed by atoms with Crippen LogP contribution in [0.4, 0.5) is 4.79 Å². The molecule has 186 valence electrons. The number of carboxylic acid groups (broad SMARTS) is 1. The van der Waals surface area contributed by atoms with Crippen molar-refractivity contribution in [3.05, 3.63) is 59.7 Å². The lowest BCUT2D eigenvalue weighted by atomic mass is 9.92. The summed E-state index contributed by atoms with van der Waals surface area (Å²) in [7, 11) is 0. The lowest BCUT2D eigenvalue weighted by Crippen LogP contribution is -2.43. The molecule has 35 heavy (non-hydrogen) atoms. The normalized spacial score (nSPS) is 16.7. The fraction of sp³-hybridized carbons (Fsp3) is 0.464. The Hall–Kier alpha value is -3.35. The molecule has 0 heterocycles. The van der Waals surface area contributed by atoms with Gasteiger partial charge in [-0.3, -0.25) is 9.59 Å². The molecule has 0 aliphatic heterocycles. The Morgan fingerprint density at radius 3 is 2.20 bits per heavy atom. The number of nitrogens with one attached hydrogen (secondary N) is 2. The fourth-order valence-electron chi connectivity index (χ4n) is 5.46. The third kappa shape index (κ3) is 6.21. The predicted molar refractivity (Wildman–Crippen MR) is 133 cm³/mol. The van der Waals surface area contributed by atoms with Crippen molar-refractivity contribution >= 4 is 18.0 Å². The SMILES string of the molecule is C[C@H](CC(=O)O)NC(=O)C(CNC(=O)OCC1c2ccccc2-c2ccccc21)CC1CCCC1. The maximum atomic E-state index is 12.9. The van der Waals surface area contributed by atoms with Gasteiger partial charge in [-0.25, -0.2) is 4.79 Å². The molecule has 1 saturated carbocycles. The molecule has 1 unspecified atom stereocenters. The van der Waals surface area contributed by atoms with E-state index in [9.17, 15) is 14.4 Å². The zero-order valence-electron chi connectivity index (χ0n) is 20.2. The van der Waals surface area contributed by atoms with E-state index >= 15 is 0 Å². The summed E-state index contributed by atoms with van der Waals surface area (Å²) in [4.78, 5) is 36.5. The van der Waals surface area contributed by atoms with Crippen LogP contribution in [0, 0.1) is 11.8 Å². The minimum absolute atomic E-state index is 0.0254. The minimum Gasteiger partial charge on any atom is -0.481 e. The molecule has 2 atom stereocenters. The zero-order chi connectivity index (χ0) is 24.8. The number of amides is 2. The van der Waals surface area contributed by atoms with Crippen molar-refractivity contribution in [1.82, 2.24) is 10.6 Å². The Kier molecular flexibility index (Phi) is 8.06. The quantitative estimate of drug-likeness (QED) is 0.459. The van der Waals surface area contributed by atoms with Crippen LogP contribution in [0.25, 0.3) is 11.1 Å². The van der Waals surface area contributed by atoms with Gasteiger partial charge < -0.3 is 20.5 Å². The first kappa shape index (κ1) is 24.8. The van der Waals surface area contributed by atoms with E-state index in [1.807, 2.05) is 24.3 Å². The maximum Gasteiger partial charge on any atom is 0.407 e. The largest absolute Gasteiger partial charge is 0.481 e. The van der Waals surface area contributed by atoms with Crippen molar-refractivity contribution in [2.75, 3.05) is 13.2 Å². The van der Waals surface area contributed by atoms with Gasteiger partial charge in [0.25, 0.3) is 0 Å². The van der Waals surface area contributed by atoms with Crippen LogP contribution in [0.2, 0.25) is 0 Å². The van der Waals surface area contributed by atoms with E-state index < -0.39 is 24.0 Å². The van der Waals surface area contributed by atoms with E-state index in [1.165, 1.54) is 11.1 Å². The van der Waals surface area contributed by atoms with Gasteiger partial charge in [0.05, 0.1) is 12.3 Å². The molecular formula is C28H34N2O5. The Balaban J connectivity index is 1.34. The molecule has 3 N–H and O–H groups in total. The van der Waals surface area contributed by atoms with E-state index in [1.54, 1.807) is 6.92 Å². The van der Waals surface area contributed by atoms with Crippen LogP contribution in [0.15, 0.2) is 48.5 Å². The smallest absolute Gasteiger partial charge is 0.407 e. The van der Waals surface area contributed by atoms with Crippen molar-refractivity contribution in [3.8, 4) is 11.1 Å². The van der Waals surface area contributed by atoms with Crippen molar-refractivity contribution < 1.29 is 24.2 Å². The van der Waals surface area contributed by atoms with Gasteiger partial charge >= 0.3 is 12.1 Å². The molecular weight excluding hydrogens is 444 g/mol.